The molecule has 0 unspecified atom stereocenters. The summed E-state index contributed by atoms with van der Waals surface area (Å²) in [4.78, 5) is 13.7. The van der Waals surface area contributed by atoms with Crippen LogP contribution in [0.25, 0.3) is 11.1 Å². The second-order valence-corrected chi connectivity index (χ2v) is 6.29. The fourth-order valence-corrected chi connectivity index (χ4v) is 3.27. The number of aryl methyl sites for hydroxylation is 1. The van der Waals surface area contributed by atoms with Crippen molar-refractivity contribution in [2.45, 2.75) is 13.3 Å². The quantitative estimate of drug-likeness (QED) is 0.704. The largest absolute Gasteiger partial charge is 0.390 e. The topological polar surface area (TPSA) is 43.1 Å². The van der Waals surface area contributed by atoms with Crippen molar-refractivity contribution in [3.63, 3.8) is 0 Å². The molecule has 0 atom stereocenters. The lowest BCUT2D eigenvalue weighted by molar-refractivity contribution is 0.104. The number of carbonyl (C=O) groups is 1. The maximum atomic E-state index is 12.6. The van der Waals surface area contributed by atoms with Crippen LogP contribution >= 0.6 is 11.3 Å². The average molecular weight is 307 g/mol. The maximum Gasteiger partial charge on any atom is 0.195 e. The number of hydrogen-bond donors (Lipinski definition) is 1. The summed E-state index contributed by atoms with van der Waals surface area (Å²) in [6, 6.07) is 19.7. The Morgan fingerprint density at radius 2 is 1.64 bits per heavy atom. The van der Waals surface area contributed by atoms with Crippen LogP contribution < -0.4 is 5.73 Å². The van der Waals surface area contributed by atoms with Gasteiger partial charge in [0.15, 0.2) is 5.78 Å². The molecular weight excluding hydrogens is 290 g/mol. The van der Waals surface area contributed by atoms with Crippen LogP contribution in [0.4, 0.5) is 5.00 Å². The average Bonchev–Trinajstić information content (AvgIpc) is 2.96. The summed E-state index contributed by atoms with van der Waals surface area (Å²) in [6.45, 7) is 2.06. The van der Waals surface area contributed by atoms with E-state index in [9.17, 15) is 4.79 Å². The number of nitrogen functional groups attached to an aromatic ring is 1. The lowest BCUT2D eigenvalue weighted by Crippen LogP contribution is -2.02. The molecule has 2 aromatic carbocycles. The van der Waals surface area contributed by atoms with E-state index in [-0.39, 0.29) is 5.78 Å². The van der Waals surface area contributed by atoms with Gasteiger partial charge in [-0.05, 0) is 23.6 Å². The van der Waals surface area contributed by atoms with Crippen LogP contribution in [0.15, 0.2) is 60.7 Å². The van der Waals surface area contributed by atoms with E-state index in [0.29, 0.717) is 16.1 Å². The van der Waals surface area contributed by atoms with E-state index < -0.39 is 0 Å². The van der Waals surface area contributed by atoms with Gasteiger partial charge in [-0.1, -0.05) is 61.5 Å². The molecule has 1 aromatic heterocycles. The smallest absolute Gasteiger partial charge is 0.195 e. The summed E-state index contributed by atoms with van der Waals surface area (Å²) in [5.41, 5.74) is 9.51. The van der Waals surface area contributed by atoms with E-state index in [1.54, 1.807) is 0 Å². The number of ketones is 1. The fraction of sp³-hybridized carbons (Fsp3) is 0.105. The minimum absolute atomic E-state index is 0.00642. The molecule has 2 N–H and O–H groups in total. The summed E-state index contributed by atoms with van der Waals surface area (Å²) in [5.74, 6) is -0.00642. The maximum absolute atomic E-state index is 12.6. The van der Waals surface area contributed by atoms with Crippen molar-refractivity contribution in [3.8, 4) is 11.1 Å². The van der Waals surface area contributed by atoms with Gasteiger partial charge in [-0.2, -0.15) is 0 Å². The van der Waals surface area contributed by atoms with E-state index in [2.05, 4.69) is 19.1 Å². The van der Waals surface area contributed by atoms with Crippen LogP contribution in [0.3, 0.4) is 0 Å². The molecule has 3 heteroatoms. The van der Waals surface area contributed by atoms with Gasteiger partial charge in [-0.15, -0.1) is 11.3 Å². The van der Waals surface area contributed by atoms with Gasteiger partial charge < -0.3 is 5.73 Å². The van der Waals surface area contributed by atoms with E-state index in [0.717, 1.165) is 22.4 Å². The van der Waals surface area contributed by atoms with Gasteiger partial charge in [-0.25, -0.2) is 0 Å². The van der Waals surface area contributed by atoms with Crippen molar-refractivity contribution in [1.29, 1.82) is 0 Å². The zero-order valence-corrected chi connectivity index (χ0v) is 13.2. The molecule has 3 aromatic rings. The molecule has 0 aliphatic heterocycles. The molecule has 0 radical (unpaired) electrons. The first-order valence-corrected chi connectivity index (χ1v) is 8.09. The first kappa shape index (κ1) is 14.5. The van der Waals surface area contributed by atoms with Crippen LogP contribution in [0.1, 0.15) is 27.7 Å². The highest BCUT2D eigenvalue weighted by molar-refractivity contribution is 7.16. The lowest BCUT2D eigenvalue weighted by Gasteiger charge is -2.04. The predicted octanol–water partition coefficient (Wildman–Crippen LogP) is 4.79. The number of anilines is 1. The summed E-state index contributed by atoms with van der Waals surface area (Å²) in [5, 5.41) is 0.606. The van der Waals surface area contributed by atoms with Crippen LogP contribution in [0.5, 0.6) is 0 Å². The predicted molar refractivity (Wildman–Crippen MR) is 93.4 cm³/mol. The molecular formula is C19H17NOS. The van der Waals surface area contributed by atoms with Crippen LogP contribution in [-0.2, 0) is 6.42 Å². The van der Waals surface area contributed by atoms with Crippen molar-refractivity contribution >= 4 is 22.1 Å². The van der Waals surface area contributed by atoms with Gasteiger partial charge in [0.25, 0.3) is 0 Å². The van der Waals surface area contributed by atoms with Crippen LogP contribution in [0, 0.1) is 0 Å². The molecule has 0 saturated carbocycles. The first-order valence-electron chi connectivity index (χ1n) is 7.27. The highest BCUT2D eigenvalue weighted by Gasteiger charge is 2.15. The number of rotatable bonds is 4. The third-order valence-corrected chi connectivity index (χ3v) is 4.77. The highest BCUT2D eigenvalue weighted by atomic mass is 32.1. The molecule has 0 saturated heterocycles. The molecule has 1 heterocycles. The van der Waals surface area contributed by atoms with Crippen molar-refractivity contribution in [1.82, 2.24) is 0 Å². The van der Waals surface area contributed by atoms with E-state index >= 15 is 0 Å². The van der Waals surface area contributed by atoms with Gasteiger partial charge in [0.2, 0.25) is 0 Å². The molecule has 3 rings (SSSR count). The Balaban J connectivity index is 1.89. The minimum Gasteiger partial charge on any atom is -0.390 e. The number of thiophene rings is 1. The number of benzene rings is 2. The second-order valence-electron chi connectivity index (χ2n) is 5.12. The molecule has 2 nitrogen and oxygen atoms in total. The number of hydrogen-bond acceptors (Lipinski definition) is 3. The summed E-state index contributed by atoms with van der Waals surface area (Å²) >= 11 is 1.49. The highest BCUT2D eigenvalue weighted by Crippen LogP contribution is 2.28. The third kappa shape index (κ3) is 2.81. The molecule has 0 aliphatic carbocycles. The molecule has 0 fully saturated rings. The summed E-state index contributed by atoms with van der Waals surface area (Å²) < 4.78 is 0. The van der Waals surface area contributed by atoms with Gasteiger partial charge in [0.1, 0.15) is 0 Å². The Morgan fingerprint density at radius 1 is 1.00 bits per heavy atom. The Morgan fingerprint density at radius 3 is 2.23 bits per heavy atom. The van der Waals surface area contributed by atoms with Gasteiger partial charge >= 0.3 is 0 Å². The number of nitrogens with two attached hydrogens (primary N) is 1. The molecule has 0 bridgehead atoms. The standard InChI is InChI=1S/C19H17NOS/c1-2-16-12-17(19(20)22-16)18(21)15-10-8-14(9-11-15)13-6-4-3-5-7-13/h3-12H,2,20H2,1H3. The molecule has 0 amide bonds. The third-order valence-electron chi connectivity index (χ3n) is 3.66. The zero-order valence-electron chi connectivity index (χ0n) is 12.4. The second kappa shape index (κ2) is 6.16. The van der Waals surface area contributed by atoms with E-state index in [1.807, 2.05) is 48.5 Å². The lowest BCUT2D eigenvalue weighted by atomic mass is 10.00. The SMILES string of the molecule is CCc1cc(C(=O)c2ccc(-c3ccccc3)cc2)c(N)s1. The van der Waals surface area contributed by atoms with Crippen molar-refractivity contribution in [3.05, 3.63) is 76.7 Å². The molecule has 0 aliphatic rings. The van der Waals surface area contributed by atoms with Crippen LogP contribution in [0.2, 0.25) is 0 Å². The van der Waals surface area contributed by atoms with Crippen LogP contribution in [-0.4, -0.2) is 5.78 Å². The Hall–Kier alpha value is -2.39. The van der Waals surface area contributed by atoms with E-state index in [1.165, 1.54) is 11.3 Å². The molecule has 110 valence electrons. The zero-order chi connectivity index (χ0) is 15.5. The van der Waals surface area contributed by atoms with Crippen molar-refractivity contribution in [2.75, 3.05) is 5.73 Å². The summed E-state index contributed by atoms with van der Waals surface area (Å²) in [6.07, 6.45) is 0.898. The Bertz CT molecular complexity index is 788. The molecule has 22 heavy (non-hydrogen) atoms. The van der Waals surface area contributed by atoms with E-state index in [4.69, 9.17) is 5.73 Å². The molecule has 0 spiro atoms. The van der Waals surface area contributed by atoms with Gasteiger partial charge in [0, 0.05) is 10.4 Å². The van der Waals surface area contributed by atoms with Gasteiger partial charge in [0.05, 0.1) is 10.6 Å². The summed E-state index contributed by atoms with van der Waals surface area (Å²) in [7, 11) is 0. The monoisotopic (exact) mass is 307 g/mol. The van der Waals surface area contributed by atoms with Gasteiger partial charge in [-0.3, -0.25) is 4.79 Å². The Kier molecular flexibility index (Phi) is 4.07. The fourth-order valence-electron chi connectivity index (χ4n) is 2.41. The van der Waals surface area contributed by atoms with Crippen molar-refractivity contribution < 1.29 is 4.79 Å². The van der Waals surface area contributed by atoms with Crippen molar-refractivity contribution in [2.24, 2.45) is 0 Å². The number of carbonyl (C=O) groups excluding carboxylic acids is 1. The minimum atomic E-state index is -0.00642. The Labute approximate surface area is 134 Å². The normalized spacial score (nSPS) is 10.6. The first-order chi connectivity index (χ1) is 10.7.